The molecule has 6 nitrogen and oxygen atoms in total. The highest BCUT2D eigenvalue weighted by Crippen LogP contribution is 2.28. The smallest absolute Gasteiger partial charge is 0.277 e. The number of hydrogen-bond acceptors (Lipinski definition) is 6. The summed E-state index contributed by atoms with van der Waals surface area (Å²) >= 11 is 1.51. The first-order valence-corrected chi connectivity index (χ1v) is 9.71. The predicted octanol–water partition coefficient (Wildman–Crippen LogP) is 4.51. The number of para-hydroxylation sites is 1. The Bertz CT molecular complexity index is 1140. The summed E-state index contributed by atoms with van der Waals surface area (Å²) in [5.74, 6) is 0.721. The van der Waals surface area contributed by atoms with Crippen LogP contribution in [-0.4, -0.2) is 23.7 Å². The van der Waals surface area contributed by atoms with Crippen molar-refractivity contribution in [3.05, 3.63) is 84.8 Å². The first kappa shape index (κ1) is 18.8. The van der Waals surface area contributed by atoms with E-state index in [1.54, 1.807) is 18.3 Å². The molecule has 0 fully saturated rings. The lowest BCUT2D eigenvalue weighted by Crippen LogP contribution is -2.24. The fraction of sp³-hybridized carbons (Fsp3) is 0.0455. The summed E-state index contributed by atoms with van der Waals surface area (Å²) < 4.78 is 11.2. The zero-order valence-electron chi connectivity index (χ0n) is 15.3. The molecule has 1 amide bonds. The van der Waals surface area contributed by atoms with Crippen molar-refractivity contribution in [1.29, 1.82) is 0 Å². The Morgan fingerprint density at radius 1 is 1.07 bits per heavy atom. The minimum atomic E-state index is -0.375. The largest absolute Gasteiger partial charge is 0.481 e. The highest BCUT2D eigenvalue weighted by Gasteiger charge is 2.06. The molecule has 0 saturated carbocycles. The van der Waals surface area contributed by atoms with Crippen molar-refractivity contribution in [3.8, 4) is 5.75 Å². The summed E-state index contributed by atoms with van der Waals surface area (Å²) in [7, 11) is 0. The molecule has 2 aromatic carbocycles. The molecule has 4 aromatic rings. The molecule has 4 rings (SSSR count). The fourth-order valence-electron chi connectivity index (χ4n) is 2.60. The van der Waals surface area contributed by atoms with Crippen LogP contribution in [0.2, 0.25) is 0 Å². The lowest BCUT2D eigenvalue weighted by atomic mass is 10.2. The van der Waals surface area contributed by atoms with Crippen molar-refractivity contribution in [2.24, 2.45) is 5.10 Å². The number of pyridine rings is 1. The minimum Gasteiger partial charge on any atom is -0.481 e. The number of fused-ring (bicyclic) bond motifs is 1. The van der Waals surface area contributed by atoms with E-state index in [0.29, 0.717) is 17.0 Å². The third-order valence-corrected chi connectivity index (χ3v) is 4.83. The minimum absolute atomic E-state index is 0.166. The predicted molar refractivity (Wildman–Crippen MR) is 112 cm³/mol. The number of hydrogen-bond donors (Lipinski definition) is 1. The summed E-state index contributed by atoms with van der Waals surface area (Å²) in [6.07, 6.45) is 3.14. The third kappa shape index (κ3) is 5.03. The van der Waals surface area contributed by atoms with Crippen LogP contribution in [0.1, 0.15) is 5.76 Å². The van der Waals surface area contributed by atoms with Gasteiger partial charge in [0.2, 0.25) is 0 Å². The highest BCUT2D eigenvalue weighted by atomic mass is 32.2. The summed E-state index contributed by atoms with van der Waals surface area (Å²) in [5.41, 5.74) is 3.14. The topological polar surface area (TPSA) is 76.7 Å². The molecule has 0 radical (unpaired) electrons. The van der Waals surface area contributed by atoms with E-state index in [4.69, 9.17) is 9.15 Å². The summed E-state index contributed by atoms with van der Waals surface area (Å²) in [5, 5.41) is 5.61. The van der Waals surface area contributed by atoms with Crippen LogP contribution in [0.5, 0.6) is 5.75 Å². The maximum Gasteiger partial charge on any atom is 0.277 e. The number of ether oxygens (including phenoxy) is 1. The van der Waals surface area contributed by atoms with Crippen LogP contribution in [-0.2, 0) is 4.79 Å². The van der Waals surface area contributed by atoms with Gasteiger partial charge in [-0.15, -0.1) is 0 Å². The Morgan fingerprint density at radius 3 is 2.83 bits per heavy atom. The molecular weight excluding hydrogens is 386 g/mol. The van der Waals surface area contributed by atoms with Gasteiger partial charge in [-0.25, -0.2) is 5.43 Å². The molecule has 0 aliphatic rings. The monoisotopic (exact) mass is 403 g/mol. The van der Waals surface area contributed by atoms with Gasteiger partial charge in [-0.2, -0.15) is 5.10 Å². The first-order chi connectivity index (χ1) is 14.3. The molecule has 0 aliphatic heterocycles. The SMILES string of the molecule is O=C(COc1cccc2cccnc12)N/N=C\c1ccc(Sc2ccccc2)o1. The lowest BCUT2D eigenvalue weighted by Gasteiger charge is -2.07. The molecular formula is C22H17N3O3S. The van der Waals surface area contributed by atoms with Gasteiger partial charge >= 0.3 is 0 Å². The van der Waals surface area contributed by atoms with Gasteiger partial charge < -0.3 is 9.15 Å². The number of rotatable bonds is 7. The number of nitrogens with zero attached hydrogens (tertiary/aromatic N) is 2. The van der Waals surface area contributed by atoms with Gasteiger partial charge in [-0.1, -0.05) is 48.2 Å². The average molecular weight is 403 g/mol. The van der Waals surface area contributed by atoms with Crippen LogP contribution < -0.4 is 10.2 Å². The number of aromatic nitrogens is 1. The van der Waals surface area contributed by atoms with E-state index in [1.165, 1.54) is 18.0 Å². The van der Waals surface area contributed by atoms with Gasteiger partial charge in [0.25, 0.3) is 5.91 Å². The Morgan fingerprint density at radius 2 is 1.93 bits per heavy atom. The second-order valence-corrected chi connectivity index (χ2v) is 7.06. The van der Waals surface area contributed by atoms with Crippen LogP contribution in [0, 0.1) is 0 Å². The number of carbonyl (C=O) groups is 1. The third-order valence-electron chi connectivity index (χ3n) is 3.90. The number of benzene rings is 2. The zero-order valence-corrected chi connectivity index (χ0v) is 16.1. The molecule has 0 saturated heterocycles. The van der Waals surface area contributed by atoms with Crippen molar-refractivity contribution in [3.63, 3.8) is 0 Å². The summed E-state index contributed by atoms with van der Waals surface area (Å²) in [4.78, 5) is 17.4. The Kier molecular flexibility index (Phi) is 5.87. The Hall–Kier alpha value is -3.58. The van der Waals surface area contributed by atoms with Gasteiger partial charge in [0.15, 0.2) is 11.7 Å². The molecule has 0 atom stereocenters. The van der Waals surface area contributed by atoms with Crippen LogP contribution >= 0.6 is 11.8 Å². The molecule has 7 heteroatoms. The van der Waals surface area contributed by atoms with Crippen LogP contribution in [0.4, 0.5) is 0 Å². The number of nitrogens with one attached hydrogen (secondary N) is 1. The van der Waals surface area contributed by atoms with Gasteiger partial charge in [-0.05, 0) is 36.4 Å². The van der Waals surface area contributed by atoms with Crippen molar-refractivity contribution >= 4 is 34.8 Å². The van der Waals surface area contributed by atoms with E-state index in [2.05, 4.69) is 15.5 Å². The van der Waals surface area contributed by atoms with Crippen molar-refractivity contribution in [2.75, 3.05) is 6.61 Å². The fourth-order valence-corrected chi connectivity index (χ4v) is 3.40. The average Bonchev–Trinajstić information content (AvgIpc) is 3.20. The summed E-state index contributed by atoms with van der Waals surface area (Å²) in [6.45, 7) is -0.166. The first-order valence-electron chi connectivity index (χ1n) is 8.89. The Balaban J connectivity index is 1.29. The standard InChI is InChI=1S/C22H17N3O3S/c26-20(15-27-19-10-4-6-16-7-5-13-23-22(16)19)25-24-14-17-11-12-21(28-17)29-18-8-2-1-3-9-18/h1-14H,15H2,(H,25,26)/b24-14-. The van der Waals surface area contributed by atoms with Crippen molar-refractivity contribution in [2.45, 2.75) is 9.99 Å². The van der Waals surface area contributed by atoms with E-state index in [-0.39, 0.29) is 12.5 Å². The van der Waals surface area contributed by atoms with Crippen LogP contribution in [0.3, 0.4) is 0 Å². The number of amides is 1. The maximum atomic E-state index is 12.0. The van der Waals surface area contributed by atoms with E-state index in [1.807, 2.05) is 60.7 Å². The Labute approximate surface area is 171 Å². The molecule has 2 aromatic heterocycles. The normalized spacial score (nSPS) is 11.0. The molecule has 0 bridgehead atoms. The molecule has 144 valence electrons. The molecule has 29 heavy (non-hydrogen) atoms. The molecule has 1 N–H and O–H groups in total. The van der Waals surface area contributed by atoms with Crippen molar-refractivity contribution < 1.29 is 13.9 Å². The quantitative estimate of drug-likeness (QED) is 0.363. The van der Waals surface area contributed by atoms with Gasteiger partial charge in [0.1, 0.15) is 17.0 Å². The highest BCUT2D eigenvalue weighted by molar-refractivity contribution is 7.99. The lowest BCUT2D eigenvalue weighted by molar-refractivity contribution is -0.123. The molecule has 0 unspecified atom stereocenters. The van der Waals surface area contributed by atoms with Crippen molar-refractivity contribution in [1.82, 2.24) is 10.4 Å². The van der Waals surface area contributed by atoms with E-state index in [0.717, 1.165) is 15.4 Å². The molecule has 0 spiro atoms. The molecule has 2 heterocycles. The zero-order chi connectivity index (χ0) is 19.9. The number of carbonyl (C=O) groups excluding carboxylic acids is 1. The van der Waals surface area contributed by atoms with Crippen LogP contribution in [0.15, 0.2) is 98.5 Å². The van der Waals surface area contributed by atoms with E-state index in [9.17, 15) is 4.79 Å². The van der Waals surface area contributed by atoms with Gasteiger partial charge in [-0.3, -0.25) is 9.78 Å². The second kappa shape index (κ2) is 9.07. The van der Waals surface area contributed by atoms with Gasteiger partial charge in [0, 0.05) is 16.5 Å². The number of hydrazone groups is 1. The molecule has 0 aliphatic carbocycles. The maximum absolute atomic E-state index is 12.0. The van der Waals surface area contributed by atoms with E-state index >= 15 is 0 Å². The second-order valence-electron chi connectivity index (χ2n) is 5.99. The van der Waals surface area contributed by atoms with Gasteiger partial charge in [0.05, 0.1) is 6.21 Å². The summed E-state index contributed by atoms with van der Waals surface area (Å²) in [6, 6.07) is 22.9. The number of furan rings is 1. The van der Waals surface area contributed by atoms with E-state index < -0.39 is 0 Å². The van der Waals surface area contributed by atoms with Crippen LogP contribution in [0.25, 0.3) is 10.9 Å².